The molecule has 0 spiro atoms. The van der Waals surface area contributed by atoms with Gasteiger partial charge in [0.05, 0.1) is 11.5 Å². The molecule has 1 aliphatic heterocycles. The lowest BCUT2D eigenvalue weighted by Gasteiger charge is -2.33. The third-order valence-corrected chi connectivity index (χ3v) is 7.53. The fraction of sp³-hybridized carbons (Fsp3) is 0.300. The zero-order chi connectivity index (χ0) is 23.4. The van der Waals surface area contributed by atoms with Gasteiger partial charge in [-0.05, 0) is 42.6 Å². The van der Waals surface area contributed by atoms with Gasteiger partial charge in [-0.2, -0.15) is 15.6 Å². The fourth-order valence-corrected chi connectivity index (χ4v) is 5.25. The van der Waals surface area contributed by atoms with Crippen LogP contribution in [0.1, 0.15) is 17.3 Å². The van der Waals surface area contributed by atoms with Crippen LogP contribution in [0.5, 0.6) is 0 Å². The number of benzene rings is 1. The van der Waals surface area contributed by atoms with E-state index in [4.69, 9.17) is 9.15 Å². The number of rotatable bonds is 6. The molecular weight excluding hydrogens is 470 g/mol. The van der Waals surface area contributed by atoms with Crippen LogP contribution < -0.4 is 5.32 Å². The van der Waals surface area contributed by atoms with Gasteiger partial charge in [-0.25, -0.2) is 13.2 Å². The molecule has 33 heavy (non-hydrogen) atoms. The smallest absolute Gasteiger partial charge is 0.409 e. The van der Waals surface area contributed by atoms with Crippen molar-refractivity contribution < 1.29 is 27.2 Å². The second-order valence-corrected chi connectivity index (χ2v) is 9.71. The minimum Gasteiger partial charge on any atom is -0.450 e. The highest BCUT2D eigenvalue weighted by molar-refractivity contribution is 7.89. The number of hydrogen-bond acceptors (Lipinski definition) is 9. The molecule has 0 bridgehead atoms. The first-order valence-corrected chi connectivity index (χ1v) is 12.5. The summed E-state index contributed by atoms with van der Waals surface area (Å²) < 4.78 is 37.6. The SMILES string of the molecule is CCOC(=O)N1CCN(S(=O)(=O)c2ccc(C(=O)Nc3nnc(-c4ccsc4)o3)cc2)CC1. The van der Waals surface area contributed by atoms with Crippen LogP contribution >= 0.6 is 11.3 Å². The normalized spacial score (nSPS) is 14.8. The number of sulfonamides is 1. The summed E-state index contributed by atoms with van der Waals surface area (Å²) in [4.78, 5) is 25.8. The highest BCUT2D eigenvalue weighted by atomic mass is 32.2. The van der Waals surface area contributed by atoms with E-state index in [9.17, 15) is 18.0 Å². The lowest BCUT2D eigenvalue weighted by molar-refractivity contribution is 0.0933. The van der Waals surface area contributed by atoms with Gasteiger partial charge in [0.15, 0.2) is 0 Å². The van der Waals surface area contributed by atoms with E-state index >= 15 is 0 Å². The average Bonchev–Trinajstić information content (AvgIpc) is 3.51. The Morgan fingerprint density at radius 3 is 2.48 bits per heavy atom. The molecule has 2 aromatic heterocycles. The van der Waals surface area contributed by atoms with Crippen molar-refractivity contribution in [3.8, 4) is 11.5 Å². The topological polar surface area (TPSA) is 135 Å². The molecule has 3 aromatic rings. The van der Waals surface area contributed by atoms with Crippen LogP contribution in [0.2, 0.25) is 0 Å². The van der Waals surface area contributed by atoms with Gasteiger partial charge >= 0.3 is 12.1 Å². The van der Waals surface area contributed by atoms with Crippen LogP contribution in [0.25, 0.3) is 11.5 Å². The third-order valence-electron chi connectivity index (χ3n) is 4.93. The van der Waals surface area contributed by atoms with E-state index in [1.54, 1.807) is 6.92 Å². The molecule has 3 heterocycles. The molecule has 13 heteroatoms. The zero-order valence-electron chi connectivity index (χ0n) is 17.6. The fourth-order valence-electron chi connectivity index (χ4n) is 3.20. The number of nitrogens with one attached hydrogen (secondary N) is 1. The Balaban J connectivity index is 1.38. The summed E-state index contributed by atoms with van der Waals surface area (Å²) >= 11 is 1.48. The van der Waals surface area contributed by atoms with Gasteiger partial charge in [-0.3, -0.25) is 10.1 Å². The summed E-state index contributed by atoms with van der Waals surface area (Å²) in [5, 5.41) is 13.9. The summed E-state index contributed by atoms with van der Waals surface area (Å²) in [7, 11) is -3.76. The lowest BCUT2D eigenvalue weighted by Crippen LogP contribution is -2.50. The maximum absolute atomic E-state index is 12.9. The van der Waals surface area contributed by atoms with Crippen molar-refractivity contribution in [2.75, 3.05) is 38.1 Å². The van der Waals surface area contributed by atoms with Crippen LogP contribution in [-0.4, -0.2) is 72.6 Å². The first-order valence-electron chi connectivity index (χ1n) is 10.1. The number of hydrogen-bond donors (Lipinski definition) is 1. The van der Waals surface area contributed by atoms with Gasteiger partial charge in [0.25, 0.3) is 11.8 Å². The molecule has 4 rings (SSSR count). The van der Waals surface area contributed by atoms with Gasteiger partial charge in [0, 0.05) is 42.7 Å². The number of amides is 2. The number of aromatic nitrogens is 2. The number of nitrogens with zero attached hydrogens (tertiary/aromatic N) is 4. The number of anilines is 1. The number of piperazine rings is 1. The molecule has 1 fully saturated rings. The van der Waals surface area contributed by atoms with Gasteiger partial charge in [0.1, 0.15) is 0 Å². The maximum Gasteiger partial charge on any atom is 0.409 e. The second kappa shape index (κ2) is 9.68. The Morgan fingerprint density at radius 1 is 1.12 bits per heavy atom. The largest absolute Gasteiger partial charge is 0.450 e. The zero-order valence-corrected chi connectivity index (χ0v) is 19.3. The number of carbonyl (C=O) groups excluding carboxylic acids is 2. The molecule has 0 atom stereocenters. The Morgan fingerprint density at radius 2 is 1.85 bits per heavy atom. The summed E-state index contributed by atoms with van der Waals surface area (Å²) in [5.74, 6) is -0.224. The van der Waals surface area contributed by atoms with E-state index in [1.807, 2.05) is 16.8 Å². The van der Waals surface area contributed by atoms with Gasteiger partial charge in [-0.15, -0.1) is 5.10 Å². The van der Waals surface area contributed by atoms with E-state index in [1.165, 1.54) is 44.8 Å². The standard InChI is InChI=1S/C20H21N5O6S2/c1-2-30-20(27)24-8-10-25(11-9-24)33(28,29)16-5-3-14(4-6-16)17(26)21-19-23-22-18(31-19)15-7-12-32-13-15/h3-7,12-13H,2,8-11H2,1H3,(H,21,23,26). The van der Waals surface area contributed by atoms with Crippen molar-refractivity contribution in [2.24, 2.45) is 0 Å². The molecule has 0 saturated carbocycles. The first kappa shape index (κ1) is 22.9. The second-order valence-electron chi connectivity index (χ2n) is 6.99. The number of thiophene rings is 1. The van der Waals surface area contributed by atoms with Crippen molar-refractivity contribution in [2.45, 2.75) is 11.8 Å². The minimum atomic E-state index is -3.76. The predicted octanol–water partition coefficient (Wildman–Crippen LogP) is 2.51. The Kier molecular flexibility index (Phi) is 6.72. The molecule has 11 nitrogen and oxygen atoms in total. The molecule has 0 radical (unpaired) electrons. The maximum atomic E-state index is 12.9. The number of ether oxygens (including phenoxy) is 1. The van der Waals surface area contributed by atoms with Crippen molar-refractivity contribution in [1.29, 1.82) is 0 Å². The van der Waals surface area contributed by atoms with E-state index in [0.29, 0.717) is 0 Å². The van der Waals surface area contributed by atoms with E-state index in [-0.39, 0.29) is 55.2 Å². The van der Waals surface area contributed by atoms with Crippen LogP contribution in [0.4, 0.5) is 10.8 Å². The van der Waals surface area contributed by atoms with Gasteiger partial charge in [0.2, 0.25) is 10.0 Å². The third kappa shape index (κ3) is 5.05. The molecular formula is C20H21N5O6S2. The summed E-state index contributed by atoms with van der Waals surface area (Å²) in [6, 6.07) is 7.32. The molecule has 1 aromatic carbocycles. The molecule has 1 aliphatic rings. The summed E-state index contributed by atoms with van der Waals surface area (Å²) in [6.07, 6.45) is -0.450. The Labute approximate surface area is 194 Å². The van der Waals surface area contributed by atoms with Crippen LogP contribution in [-0.2, 0) is 14.8 Å². The van der Waals surface area contributed by atoms with E-state index in [2.05, 4.69) is 15.5 Å². The van der Waals surface area contributed by atoms with Crippen molar-refractivity contribution in [3.05, 3.63) is 46.7 Å². The molecule has 0 unspecified atom stereocenters. The molecule has 1 N–H and O–H groups in total. The van der Waals surface area contributed by atoms with Gasteiger partial charge in [-0.1, -0.05) is 5.10 Å². The average molecular weight is 492 g/mol. The molecule has 174 valence electrons. The van der Waals surface area contributed by atoms with Crippen molar-refractivity contribution in [1.82, 2.24) is 19.4 Å². The molecule has 0 aliphatic carbocycles. The molecule has 1 saturated heterocycles. The van der Waals surface area contributed by atoms with Crippen molar-refractivity contribution >= 4 is 39.4 Å². The monoisotopic (exact) mass is 491 g/mol. The van der Waals surface area contributed by atoms with E-state index in [0.717, 1.165) is 5.56 Å². The predicted molar refractivity (Wildman–Crippen MR) is 119 cm³/mol. The summed E-state index contributed by atoms with van der Waals surface area (Å²) in [5.41, 5.74) is 0.988. The lowest BCUT2D eigenvalue weighted by atomic mass is 10.2. The molecule has 2 amide bonds. The van der Waals surface area contributed by atoms with Crippen LogP contribution in [0.15, 0.2) is 50.4 Å². The highest BCUT2D eigenvalue weighted by Gasteiger charge is 2.30. The van der Waals surface area contributed by atoms with Gasteiger partial charge < -0.3 is 14.1 Å². The quantitative estimate of drug-likeness (QED) is 0.556. The number of carbonyl (C=O) groups is 2. The summed E-state index contributed by atoms with van der Waals surface area (Å²) in [6.45, 7) is 2.79. The Bertz CT molecular complexity index is 1220. The Hall–Kier alpha value is -3.29. The van der Waals surface area contributed by atoms with Crippen LogP contribution in [0, 0.1) is 0 Å². The van der Waals surface area contributed by atoms with Crippen LogP contribution in [0.3, 0.4) is 0 Å². The minimum absolute atomic E-state index is 0.0566. The highest BCUT2D eigenvalue weighted by Crippen LogP contribution is 2.23. The van der Waals surface area contributed by atoms with Crippen molar-refractivity contribution in [3.63, 3.8) is 0 Å². The first-order chi connectivity index (χ1) is 15.9. The van der Waals surface area contributed by atoms with E-state index < -0.39 is 22.0 Å².